The van der Waals surface area contributed by atoms with Crippen molar-refractivity contribution in [2.24, 2.45) is 5.73 Å². The van der Waals surface area contributed by atoms with Gasteiger partial charge in [0.15, 0.2) is 0 Å². The Hall–Kier alpha value is -3.66. The lowest BCUT2D eigenvalue weighted by Gasteiger charge is -2.40. The van der Waals surface area contributed by atoms with Crippen LogP contribution >= 0.6 is 0 Å². The van der Waals surface area contributed by atoms with Crippen LogP contribution < -0.4 is 31.9 Å². The number of hydrogen-bond acceptors (Lipinski definition) is 7. The van der Waals surface area contributed by atoms with Gasteiger partial charge in [-0.2, -0.15) is 0 Å². The average molecular weight is 548 g/mol. The highest BCUT2D eigenvalue weighted by Gasteiger charge is 2.42. The summed E-state index contributed by atoms with van der Waals surface area (Å²) in [7, 11) is 0. The second kappa shape index (κ2) is 12.2. The zero-order valence-corrected chi connectivity index (χ0v) is 23.4. The molecule has 2 aromatic rings. The Morgan fingerprint density at radius 1 is 0.975 bits per heavy atom. The third-order valence-electron chi connectivity index (χ3n) is 8.63. The molecule has 3 fully saturated rings. The molecule has 4 heterocycles. The van der Waals surface area contributed by atoms with E-state index in [2.05, 4.69) is 45.0 Å². The van der Waals surface area contributed by atoms with Crippen LogP contribution in [0.4, 0.5) is 11.5 Å². The lowest BCUT2D eigenvalue weighted by molar-refractivity contribution is 0.0922. The van der Waals surface area contributed by atoms with Gasteiger partial charge in [0.1, 0.15) is 5.82 Å². The van der Waals surface area contributed by atoms with Gasteiger partial charge in [0.05, 0.1) is 11.1 Å². The minimum Gasteiger partial charge on any atom is -0.382 e. The molecule has 1 aromatic carbocycles. The Balaban J connectivity index is 1.21. The molecule has 5 rings (SSSR count). The zero-order chi connectivity index (χ0) is 28.2. The van der Waals surface area contributed by atoms with Crippen LogP contribution in [0.15, 0.2) is 36.5 Å². The number of carbonyl (C=O) groups is 3. The van der Waals surface area contributed by atoms with Gasteiger partial charge in [-0.1, -0.05) is 13.8 Å². The third-order valence-corrected chi connectivity index (χ3v) is 8.63. The predicted octanol–water partition coefficient (Wildman–Crippen LogP) is 2.80. The highest BCUT2D eigenvalue weighted by molar-refractivity contribution is 6.02. The first-order valence-corrected chi connectivity index (χ1v) is 14.6. The molecule has 3 amide bonds. The van der Waals surface area contributed by atoms with Crippen LogP contribution in [0.3, 0.4) is 0 Å². The molecule has 0 radical (unpaired) electrons. The minimum absolute atomic E-state index is 0.0533. The Kier molecular flexibility index (Phi) is 8.54. The summed E-state index contributed by atoms with van der Waals surface area (Å²) in [6, 6.07) is 9.83. The molecule has 40 heavy (non-hydrogen) atoms. The van der Waals surface area contributed by atoms with E-state index in [0.717, 1.165) is 63.9 Å². The molecule has 0 saturated carbocycles. The van der Waals surface area contributed by atoms with Crippen molar-refractivity contribution in [3.05, 3.63) is 53.2 Å². The van der Waals surface area contributed by atoms with Gasteiger partial charge < -0.3 is 31.9 Å². The van der Waals surface area contributed by atoms with Crippen LogP contribution in [-0.4, -0.2) is 66.0 Å². The Labute approximate surface area is 235 Å². The number of carbonyl (C=O) groups excluding carboxylic acids is 3. The first kappa shape index (κ1) is 27.9. The second-order valence-corrected chi connectivity index (χ2v) is 11.3. The topological polar surface area (TPSA) is 141 Å². The number of rotatable bonds is 10. The van der Waals surface area contributed by atoms with E-state index in [1.54, 1.807) is 24.4 Å². The number of primary amides is 1. The summed E-state index contributed by atoms with van der Waals surface area (Å²) in [5.41, 5.74) is 7.67. The number of nitrogens with zero attached hydrogens (tertiary/aromatic N) is 2. The van der Waals surface area contributed by atoms with Crippen molar-refractivity contribution < 1.29 is 14.4 Å². The summed E-state index contributed by atoms with van der Waals surface area (Å²) in [5.74, 6) is 0.139. The summed E-state index contributed by atoms with van der Waals surface area (Å²) < 4.78 is 0. The lowest BCUT2D eigenvalue weighted by Crippen LogP contribution is -2.50. The summed E-state index contributed by atoms with van der Waals surface area (Å²) in [6.07, 6.45) is 8.17. The molecule has 10 heteroatoms. The monoisotopic (exact) mass is 547 g/mol. The van der Waals surface area contributed by atoms with Gasteiger partial charge in [-0.05, 0) is 81.8 Å². The lowest BCUT2D eigenvalue weighted by atomic mass is 9.96. The number of benzene rings is 1. The van der Waals surface area contributed by atoms with E-state index in [4.69, 9.17) is 5.73 Å². The van der Waals surface area contributed by atoms with Crippen molar-refractivity contribution in [2.75, 3.05) is 23.3 Å². The highest BCUT2D eigenvalue weighted by Crippen LogP contribution is 2.38. The standard InChI is InChI=1S/C30H41N7O3/c1-3-20(4-2)34-26-13-18(5-9-25(26)28(31)38)29(39)36-22-14-23-7-8-24(15-22)37(23)27-10-6-19(16-33-27)30(40)35-21-11-12-32-17-21/h5-6,9-10,13,16,20-24,32,34H,3-4,7-8,11-12,14-15,17H2,1-2H3,(H2,31,38)(H,35,40)(H,36,39)/t21-,22?,23?,24?/m1/s1. The number of amides is 3. The summed E-state index contributed by atoms with van der Waals surface area (Å²) >= 11 is 0. The van der Waals surface area contributed by atoms with Crippen LogP contribution in [0.2, 0.25) is 0 Å². The quantitative estimate of drug-likeness (QED) is 0.308. The first-order chi connectivity index (χ1) is 19.4. The molecule has 0 aliphatic carbocycles. The number of piperidine rings is 1. The van der Waals surface area contributed by atoms with Gasteiger partial charge >= 0.3 is 0 Å². The maximum Gasteiger partial charge on any atom is 0.253 e. The van der Waals surface area contributed by atoms with E-state index in [-0.39, 0.29) is 42.0 Å². The van der Waals surface area contributed by atoms with Gasteiger partial charge in [0, 0.05) is 54.2 Å². The zero-order valence-electron chi connectivity index (χ0n) is 23.4. The number of aromatic nitrogens is 1. The van der Waals surface area contributed by atoms with Crippen LogP contribution in [0.1, 0.15) is 89.9 Å². The molecule has 3 saturated heterocycles. The van der Waals surface area contributed by atoms with Crippen LogP contribution in [-0.2, 0) is 0 Å². The molecule has 214 valence electrons. The Morgan fingerprint density at radius 3 is 2.25 bits per heavy atom. The van der Waals surface area contributed by atoms with E-state index in [1.807, 2.05) is 12.1 Å². The molecule has 3 aliphatic rings. The number of nitrogens with one attached hydrogen (secondary N) is 4. The maximum atomic E-state index is 13.3. The van der Waals surface area contributed by atoms with Crippen molar-refractivity contribution in [1.29, 1.82) is 0 Å². The maximum absolute atomic E-state index is 13.3. The fraction of sp³-hybridized carbons (Fsp3) is 0.533. The van der Waals surface area contributed by atoms with Crippen molar-refractivity contribution in [3.63, 3.8) is 0 Å². The molecule has 10 nitrogen and oxygen atoms in total. The SMILES string of the molecule is CCC(CC)Nc1cc(C(=O)NC2CC3CCC(C2)N3c2ccc(C(=O)N[C@@H]3CCNC3)cn2)ccc1C(N)=O. The van der Waals surface area contributed by atoms with Gasteiger partial charge in [0.25, 0.3) is 17.7 Å². The van der Waals surface area contributed by atoms with Gasteiger partial charge in [-0.15, -0.1) is 0 Å². The first-order valence-electron chi connectivity index (χ1n) is 14.6. The second-order valence-electron chi connectivity index (χ2n) is 11.3. The molecule has 2 unspecified atom stereocenters. The van der Waals surface area contributed by atoms with Gasteiger partial charge in [-0.25, -0.2) is 4.98 Å². The molecular formula is C30H41N7O3. The molecule has 2 bridgehead atoms. The van der Waals surface area contributed by atoms with Gasteiger partial charge in [-0.3, -0.25) is 14.4 Å². The van der Waals surface area contributed by atoms with Crippen molar-refractivity contribution in [1.82, 2.24) is 20.9 Å². The van der Waals surface area contributed by atoms with Crippen LogP contribution in [0.25, 0.3) is 0 Å². The molecular weight excluding hydrogens is 506 g/mol. The minimum atomic E-state index is -0.516. The van der Waals surface area contributed by atoms with E-state index >= 15 is 0 Å². The van der Waals surface area contributed by atoms with E-state index in [9.17, 15) is 14.4 Å². The summed E-state index contributed by atoms with van der Waals surface area (Å²) in [5, 5.41) is 12.9. The van der Waals surface area contributed by atoms with Crippen molar-refractivity contribution >= 4 is 29.2 Å². The molecule has 1 aromatic heterocycles. The third kappa shape index (κ3) is 6.06. The van der Waals surface area contributed by atoms with E-state index in [0.29, 0.717) is 22.4 Å². The smallest absolute Gasteiger partial charge is 0.253 e. The Bertz CT molecular complexity index is 1210. The molecule has 0 spiro atoms. The summed E-state index contributed by atoms with van der Waals surface area (Å²) in [4.78, 5) is 44.8. The fourth-order valence-corrected chi connectivity index (χ4v) is 6.39. The number of fused-ring (bicyclic) bond motifs is 2. The predicted molar refractivity (Wildman–Crippen MR) is 156 cm³/mol. The van der Waals surface area contributed by atoms with Crippen LogP contribution in [0.5, 0.6) is 0 Å². The van der Waals surface area contributed by atoms with E-state index < -0.39 is 5.91 Å². The Morgan fingerprint density at radius 2 is 1.65 bits per heavy atom. The van der Waals surface area contributed by atoms with Crippen molar-refractivity contribution in [2.45, 2.75) is 89.0 Å². The number of pyridine rings is 1. The number of anilines is 2. The normalized spacial score (nSPS) is 23.7. The molecule has 3 atom stereocenters. The van der Waals surface area contributed by atoms with E-state index in [1.165, 1.54) is 0 Å². The average Bonchev–Trinajstić information content (AvgIpc) is 3.56. The molecule has 6 N–H and O–H groups in total. The number of hydrogen-bond donors (Lipinski definition) is 5. The summed E-state index contributed by atoms with van der Waals surface area (Å²) in [6.45, 7) is 5.90. The van der Waals surface area contributed by atoms with Crippen molar-refractivity contribution in [3.8, 4) is 0 Å². The highest BCUT2D eigenvalue weighted by atomic mass is 16.2. The largest absolute Gasteiger partial charge is 0.382 e. The van der Waals surface area contributed by atoms with Gasteiger partial charge in [0.2, 0.25) is 0 Å². The number of nitrogens with two attached hydrogens (primary N) is 1. The van der Waals surface area contributed by atoms with Crippen LogP contribution in [0, 0.1) is 0 Å². The molecule has 3 aliphatic heterocycles. The fourth-order valence-electron chi connectivity index (χ4n) is 6.39.